The maximum absolute atomic E-state index is 11.4. The van der Waals surface area contributed by atoms with Crippen LogP contribution in [-0.2, 0) is 0 Å². The zero-order valence-corrected chi connectivity index (χ0v) is 17.2. The molecule has 0 unspecified atom stereocenters. The fraction of sp³-hybridized carbons (Fsp3) is 0.0870. The van der Waals surface area contributed by atoms with E-state index < -0.39 is 4.92 Å². The topological polar surface area (TPSA) is 105 Å². The summed E-state index contributed by atoms with van der Waals surface area (Å²) in [6.45, 7) is 0. The average Bonchev–Trinajstić information content (AvgIpc) is 3.20. The number of fused-ring (bicyclic) bond motifs is 2. The van der Waals surface area contributed by atoms with E-state index in [2.05, 4.69) is 4.98 Å². The molecule has 0 spiro atoms. The maximum atomic E-state index is 11.4. The molecule has 2 aromatic heterocycles. The van der Waals surface area contributed by atoms with E-state index in [4.69, 9.17) is 19.4 Å². The summed E-state index contributed by atoms with van der Waals surface area (Å²) in [5, 5.41) is 11.4. The highest BCUT2D eigenvalue weighted by molar-refractivity contribution is 5.87. The van der Waals surface area contributed by atoms with Crippen LogP contribution in [0.3, 0.4) is 0 Å². The first kappa shape index (κ1) is 19.4. The molecule has 0 fully saturated rings. The van der Waals surface area contributed by atoms with Gasteiger partial charge in [0.05, 0.1) is 35.9 Å². The molecule has 158 valence electrons. The highest BCUT2D eigenvalue weighted by Crippen LogP contribution is 2.35. The smallest absolute Gasteiger partial charge is 0.270 e. The maximum Gasteiger partial charge on any atom is 0.270 e. The van der Waals surface area contributed by atoms with E-state index in [0.29, 0.717) is 50.9 Å². The SMILES string of the molecule is COc1ccc(OC)c(-n2c(-c3cccc([N+](=O)[O-])c3)nc3nc4ccccc4nc32)c1. The van der Waals surface area contributed by atoms with Gasteiger partial charge in [0.2, 0.25) is 0 Å². The fourth-order valence-corrected chi connectivity index (χ4v) is 3.61. The van der Waals surface area contributed by atoms with Crippen molar-refractivity contribution in [1.29, 1.82) is 0 Å². The first-order valence-electron chi connectivity index (χ1n) is 9.71. The third-order valence-corrected chi connectivity index (χ3v) is 5.11. The standard InChI is InChI=1S/C23H17N5O4/c1-31-16-10-11-20(32-2)19(13-16)27-22(14-6-5-7-15(12-14)28(29)30)26-21-23(27)25-18-9-4-3-8-17(18)24-21/h3-13H,1-2H3. The van der Waals surface area contributed by atoms with Gasteiger partial charge in [-0.2, -0.15) is 0 Å². The number of hydrogen-bond acceptors (Lipinski definition) is 7. The van der Waals surface area contributed by atoms with Gasteiger partial charge in [-0.1, -0.05) is 24.3 Å². The van der Waals surface area contributed by atoms with Gasteiger partial charge in [0.15, 0.2) is 11.3 Å². The number of para-hydroxylation sites is 2. The molecule has 0 N–H and O–H groups in total. The second-order valence-corrected chi connectivity index (χ2v) is 6.98. The Hall–Kier alpha value is -4.53. The Bertz CT molecular complexity index is 1500. The number of nitro benzene ring substituents is 1. The Labute approximate surface area is 182 Å². The van der Waals surface area contributed by atoms with Crippen LogP contribution in [0.1, 0.15) is 0 Å². The number of nitro groups is 1. The predicted octanol–water partition coefficient (Wildman–Crippen LogP) is 4.56. The van der Waals surface area contributed by atoms with Crippen molar-refractivity contribution in [1.82, 2.24) is 19.5 Å². The quantitative estimate of drug-likeness (QED) is 0.299. The number of benzene rings is 3. The summed E-state index contributed by atoms with van der Waals surface area (Å²) in [6, 6.07) is 19.2. The van der Waals surface area contributed by atoms with E-state index in [1.165, 1.54) is 12.1 Å². The van der Waals surface area contributed by atoms with Gasteiger partial charge >= 0.3 is 0 Å². The van der Waals surface area contributed by atoms with Crippen molar-refractivity contribution in [3.8, 4) is 28.6 Å². The first-order chi connectivity index (χ1) is 15.6. The van der Waals surface area contributed by atoms with Crippen LogP contribution in [-0.4, -0.2) is 38.7 Å². The van der Waals surface area contributed by atoms with Crippen LogP contribution in [0, 0.1) is 10.1 Å². The lowest BCUT2D eigenvalue weighted by molar-refractivity contribution is -0.384. The summed E-state index contributed by atoms with van der Waals surface area (Å²) in [5.74, 6) is 1.62. The molecular weight excluding hydrogens is 410 g/mol. The molecule has 0 bridgehead atoms. The number of nitrogens with zero attached hydrogens (tertiary/aromatic N) is 5. The Morgan fingerprint density at radius 3 is 2.38 bits per heavy atom. The van der Waals surface area contributed by atoms with Gasteiger partial charge in [-0.15, -0.1) is 0 Å². The van der Waals surface area contributed by atoms with Gasteiger partial charge in [-0.3, -0.25) is 14.7 Å². The monoisotopic (exact) mass is 427 g/mol. The molecule has 9 nitrogen and oxygen atoms in total. The lowest BCUT2D eigenvalue weighted by Gasteiger charge is -2.14. The molecule has 0 saturated carbocycles. The average molecular weight is 427 g/mol. The van der Waals surface area contributed by atoms with Crippen molar-refractivity contribution in [2.75, 3.05) is 14.2 Å². The summed E-state index contributed by atoms with van der Waals surface area (Å²) < 4.78 is 12.8. The lowest BCUT2D eigenvalue weighted by atomic mass is 10.2. The molecule has 0 amide bonds. The largest absolute Gasteiger partial charge is 0.497 e. The van der Waals surface area contributed by atoms with Gasteiger partial charge in [-0.05, 0) is 24.3 Å². The van der Waals surface area contributed by atoms with E-state index in [0.717, 1.165) is 0 Å². The van der Waals surface area contributed by atoms with Gasteiger partial charge < -0.3 is 9.47 Å². The predicted molar refractivity (Wildman–Crippen MR) is 119 cm³/mol. The summed E-state index contributed by atoms with van der Waals surface area (Å²) in [6.07, 6.45) is 0. The molecule has 9 heteroatoms. The Balaban J connectivity index is 1.89. The normalized spacial score (nSPS) is 11.1. The van der Waals surface area contributed by atoms with E-state index in [1.807, 2.05) is 24.3 Å². The molecule has 0 radical (unpaired) electrons. The molecule has 0 atom stereocenters. The minimum absolute atomic E-state index is 0.0372. The van der Waals surface area contributed by atoms with E-state index in [1.54, 1.807) is 49.1 Å². The van der Waals surface area contributed by atoms with Crippen LogP contribution < -0.4 is 9.47 Å². The summed E-state index contributed by atoms with van der Waals surface area (Å²) >= 11 is 0. The number of non-ortho nitro benzene ring substituents is 1. The summed E-state index contributed by atoms with van der Waals surface area (Å²) in [7, 11) is 3.14. The molecule has 0 saturated heterocycles. The second kappa shape index (κ2) is 7.62. The zero-order chi connectivity index (χ0) is 22.2. The van der Waals surface area contributed by atoms with Crippen molar-refractivity contribution in [3.63, 3.8) is 0 Å². The third kappa shape index (κ3) is 3.16. The number of imidazole rings is 1. The van der Waals surface area contributed by atoms with Crippen molar-refractivity contribution in [2.45, 2.75) is 0 Å². The third-order valence-electron chi connectivity index (χ3n) is 5.11. The van der Waals surface area contributed by atoms with Crippen molar-refractivity contribution in [2.24, 2.45) is 0 Å². The minimum atomic E-state index is -0.437. The van der Waals surface area contributed by atoms with E-state index >= 15 is 0 Å². The van der Waals surface area contributed by atoms with Crippen LogP contribution in [0.15, 0.2) is 66.7 Å². The number of rotatable bonds is 5. The number of aromatic nitrogens is 4. The number of hydrogen-bond donors (Lipinski definition) is 0. The Morgan fingerprint density at radius 1 is 0.875 bits per heavy atom. The first-order valence-corrected chi connectivity index (χ1v) is 9.71. The van der Waals surface area contributed by atoms with E-state index in [-0.39, 0.29) is 5.69 Å². The van der Waals surface area contributed by atoms with Crippen molar-refractivity contribution in [3.05, 3.63) is 76.8 Å². The molecule has 5 rings (SSSR count). The van der Waals surface area contributed by atoms with Gasteiger partial charge in [0.25, 0.3) is 5.69 Å². The van der Waals surface area contributed by atoms with Gasteiger partial charge in [-0.25, -0.2) is 15.0 Å². The summed E-state index contributed by atoms with van der Waals surface area (Å²) in [4.78, 5) is 25.1. The number of methoxy groups -OCH3 is 2. The lowest BCUT2D eigenvalue weighted by Crippen LogP contribution is -2.03. The molecule has 32 heavy (non-hydrogen) atoms. The highest BCUT2D eigenvalue weighted by atomic mass is 16.6. The van der Waals surface area contributed by atoms with Crippen LogP contribution in [0.4, 0.5) is 5.69 Å². The van der Waals surface area contributed by atoms with Crippen LogP contribution >= 0.6 is 0 Å². The zero-order valence-electron chi connectivity index (χ0n) is 17.2. The Kier molecular flexibility index (Phi) is 4.63. The van der Waals surface area contributed by atoms with Gasteiger partial charge in [0, 0.05) is 23.8 Å². The molecule has 5 aromatic rings. The molecule has 3 aromatic carbocycles. The van der Waals surface area contributed by atoms with Gasteiger partial charge in [0.1, 0.15) is 17.3 Å². The molecule has 0 aliphatic carbocycles. The fourth-order valence-electron chi connectivity index (χ4n) is 3.61. The second-order valence-electron chi connectivity index (χ2n) is 6.98. The summed E-state index contributed by atoms with van der Waals surface area (Å²) in [5.41, 5.74) is 3.45. The van der Waals surface area contributed by atoms with Crippen molar-refractivity contribution >= 4 is 28.0 Å². The Morgan fingerprint density at radius 2 is 1.66 bits per heavy atom. The minimum Gasteiger partial charge on any atom is -0.497 e. The van der Waals surface area contributed by atoms with Crippen molar-refractivity contribution < 1.29 is 14.4 Å². The molecule has 0 aliphatic heterocycles. The number of ether oxygens (including phenoxy) is 2. The molecule has 0 aliphatic rings. The van der Waals surface area contributed by atoms with Crippen LogP contribution in [0.5, 0.6) is 11.5 Å². The molecule has 2 heterocycles. The molecular formula is C23H17N5O4. The highest BCUT2D eigenvalue weighted by Gasteiger charge is 2.22. The van der Waals surface area contributed by atoms with Crippen LogP contribution in [0.2, 0.25) is 0 Å². The van der Waals surface area contributed by atoms with E-state index in [9.17, 15) is 10.1 Å². The van der Waals surface area contributed by atoms with Crippen LogP contribution in [0.25, 0.3) is 39.4 Å².